The molecule has 0 aliphatic rings. The van der Waals surface area contributed by atoms with Gasteiger partial charge in [-0.25, -0.2) is 13.4 Å². The molecule has 0 aliphatic carbocycles. The molecule has 1 amide bonds. The highest BCUT2D eigenvalue weighted by molar-refractivity contribution is 7.92. The van der Waals surface area contributed by atoms with Crippen LogP contribution in [-0.4, -0.2) is 32.6 Å². The zero-order chi connectivity index (χ0) is 19.4. The summed E-state index contributed by atoms with van der Waals surface area (Å²) in [6.07, 6.45) is 3.59. The van der Waals surface area contributed by atoms with E-state index in [0.717, 1.165) is 23.3 Å². The first-order chi connectivity index (χ1) is 12.8. The number of nitrogens with one attached hydrogen (secondary N) is 1. The molecule has 0 aliphatic heterocycles. The van der Waals surface area contributed by atoms with E-state index in [0.29, 0.717) is 23.7 Å². The molecule has 9 heteroatoms. The topological polar surface area (TPSA) is 92.5 Å². The maximum absolute atomic E-state index is 12.0. The molecule has 0 fully saturated rings. The minimum Gasteiger partial charge on any atom is -0.469 e. The predicted molar refractivity (Wildman–Crippen MR) is 106 cm³/mol. The van der Waals surface area contributed by atoms with Gasteiger partial charge in [0.2, 0.25) is 15.9 Å². The van der Waals surface area contributed by atoms with E-state index in [1.54, 1.807) is 36.6 Å². The molecule has 3 aromatic rings. The lowest BCUT2D eigenvalue weighted by Gasteiger charge is -2.16. The molecule has 2 aromatic heterocycles. The number of hydrogen-bond donors (Lipinski definition) is 1. The van der Waals surface area contributed by atoms with Crippen LogP contribution in [-0.2, 0) is 21.2 Å². The summed E-state index contributed by atoms with van der Waals surface area (Å²) < 4.78 is 29.6. The Balaban J connectivity index is 1.62. The first kappa shape index (κ1) is 19.1. The lowest BCUT2D eigenvalue weighted by atomic mass is 10.1. The van der Waals surface area contributed by atoms with Crippen molar-refractivity contribution in [1.29, 1.82) is 0 Å². The number of amides is 1. The third kappa shape index (κ3) is 4.95. The number of sulfonamides is 1. The Morgan fingerprint density at radius 1 is 1.26 bits per heavy atom. The zero-order valence-electron chi connectivity index (χ0n) is 14.9. The molecule has 27 heavy (non-hydrogen) atoms. The SMILES string of the molecule is CN(c1ccc(-c2csc(NC(=O)CCc3ccco3)n2)cc1)S(C)(=O)=O. The molecule has 2 heterocycles. The van der Waals surface area contributed by atoms with Crippen molar-refractivity contribution < 1.29 is 17.6 Å². The Kier molecular flexibility index (Phi) is 5.62. The Morgan fingerprint density at radius 2 is 2.00 bits per heavy atom. The number of thiazole rings is 1. The Hall–Kier alpha value is -2.65. The monoisotopic (exact) mass is 405 g/mol. The van der Waals surface area contributed by atoms with E-state index in [1.807, 2.05) is 11.4 Å². The fourth-order valence-corrected chi connectivity index (χ4v) is 3.61. The molecular formula is C18H19N3O4S2. The van der Waals surface area contributed by atoms with Gasteiger partial charge in [-0.3, -0.25) is 9.10 Å². The molecule has 0 spiro atoms. The van der Waals surface area contributed by atoms with Gasteiger partial charge in [-0.05, 0) is 24.3 Å². The fraction of sp³-hybridized carbons (Fsp3) is 0.222. The van der Waals surface area contributed by atoms with Gasteiger partial charge in [0, 0.05) is 30.8 Å². The van der Waals surface area contributed by atoms with Crippen LogP contribution in [0.5, 0.6) is 0 Å². The molecule has 0 saturated carbocycles. The highest BCUT2D eigenvalue weighted by Crippen LogP contribution is 2.27. The number of benzene rings is 1. The van der Waals surface area contributed by atoms with Crippen molar-refractivity contribution in [2.45, 2.75) is 12.8 Å². The smallest absolute Gasteiger partial charge is 0.231 e. The first-order valence-corrected chi connectivity index (χ1v) is 10.9. The Labute approximate surface area is 161 Å². The first-order valence-electron chi connectivity index (χ1n) is 8.15. The molecule has 7 nitrogen and oxygen atoms in total. The summed E-state index contributed by atoms with van der Waals surface area (Å²) in [4.78, 5) is 16.4. The second-order valence-electron chi connectivity index (χ2n) is 5.94. The number of aromatic nitrogens is 1. The van der Waals surface area contributed by atoms with Crippen LogP contribution in [0.25, 0.3) is 11.3 Å². The van der Waals surface area contributed by atoms with Crippen LogP contribution in [0.3, 0.4) is 0 Å². The van der Waals surface area contributed by atoms with Gasteiger partial charge < -0.3 is 9.73 Å². The van der Waals surface area contributed by atoms with Crippen molar-refractivity contribution in [2.75, 3.05) is 22.9 Å². The summed E-state index contributed by atoms with van der Waals surface area (Å²) in [6.45, 7) is 0. The van der Waals surface area contributed by atoms with Gasteiger partial charge in [0.1, 0.15) is 5.76 Å². The average molecular weight is 406 g/mol. The van der Waals surface area contributed by atoms with Crippen molar-refractivity contribution in [3.8, 4) is 11.3 Å². The molecule has 0 radical (unpaired) electrons. The molecule has 1 N–H and O–H groups in total. The van der Waals surface area contributed by atoms with Gasteiger partial charge in [-0.2, -0.15) is 0 Å². The van der Waals surface area contributed by atoms with Crippen LogP contribution < -0.4 is 9.62 Å². The van der Waals surface area contributed by atoms with Crippen LogP contribution in [0.4, 0.5) is 10.8 Å². The quantitative estimate of drug-likeness (QED) is 0.651. The summed E-state index contributed by atoms with van der Waals surface area (Å²) in [5.41, 5.74) is 2.13. The second kappa shape index (κ2) is 7.93. The number of anilines is 2. The number of furan rings is 1. The number of carbonyl (C=O) groups excluding carboxylic acids is 1. The third-order valence-electron chi connectivity index (χ3n) is 3.95. The predicted octanol–water partition coefficient (Wildman–Crippen LogP) is 3.37. The van der Waals surface area contributed by atoms with E-state index in [2.05, 4.69) is 10.3 Å². The van der Waals surface area contributed by atoms with Crippen molar-refractivity contribution in [2.24, 2.45) is 0 Å². The van der Waals surface area contributed by atoms with Crippen molar-refractivity contribution >= 4 is 38.1 Å². The van der Waals surface area contributed by atoms with Crippen LogP contribution in [0, 0.1) is 0 Å². The highest BCUT2D eigenvalue weighted by atomic mass is 32.2. The molecule has 0 atom stereocenters. The second-order valence-corrected chi connectivity index (χ2v) is 8.81. The van der Waals surface area contributed by atoms with Gasteiger partial charge in [0.25, 0.3) is 0 Å². The highest BCUT2D eigenvalue weighted by Gasteiger charge is 2.13. The van der Waals surface area contributed by atoms with Gasteiger partial charge in [-0.15, -0.1) is 11.3 Å². The standard InChI is InChI=1S/C18H19N3O4S2/c1-21(27(2,23)24)14-7-5-13(6-8-14)16-12-26-18(19-16)20-17(22)10-9-15-4-3-11-25-15/h3-8,11-12H,9-10H2,1-2H3,(H,19,20,22). The van der Waals surface area contributed by atoms with Crippen LogP contribution >= 0.6 is 11.3 Å². The Morgan fingerprint density at radius 3 is 2.63 bits per heavy atom. The van der Waals surface area contributed by atoms with E-state index in [1.165, 1.54) is 22.7 Å². The summed E-state index contributed by atoms with van der Waals surface area (Å²) in [5.74, 6) is 0.640. The minimum atomic E-state index is -3.30. The summed E-state index contributed by atoms with van der Waals surface area (Å²) >= 11 is 1.34. The maximum Gasteiger partial charge on any atom is 0.231 e. The van der Waals surface area contributed by atoms with E-state index in [4.69, 9.17) is 4.42 Å². The number of carbonyl (C=O) groups is 1. The molecule has 0 saturated heterocycles. The van der Waals surface area contributed by atoms with Crippen molar-refractivity contribution in [1.82, 2.24) is 4.98 Å². The van der Waals surface area contributed by atoms with Crippen LogP contribution in [0.1, 0.15) is 12.2 Å². The average Bonchev–Trinajstić information content (AvgIpc) is 3.30. The van der Waals surface area contributed by atoms with Crippen LogP contribution in [0.2, 0.25) is 0 Å². The van der Waals surface area contributed by atoms with Crippen LogP contribution in [0.15, 0.2) is 52.5 Å². The van der Waals surface area contributed by atoms with Gasteiger partial charge in [0.15, 0.2) is 5.13 Å². The van der Waals surface area contributed by atoms with E-state index in [-0.39, 0.29) is 5.91 Å². The zero-order valence-corrected chi connectivity index (χ0v) is 16.5. The van der Waals surface area contributed by atoms with Crippen molar-refractivity contribution in [3.63, 3.8) is 0 Å². The van der Waals surface area contributed by atoms with Gasteiger partial charge >= 0.3 is 0 Å². The molecule has 0 bridgehead atoms. The summed E-state index contributed by atoms with van der Waals surface area (Å²) in [6, 6.07) is 10.7. The minimum absolute atomic E-state index is 0.127. The molecule has 0 unspecified atom stereocenters. The maximum atomic E-state index is 12.0. The van der Waals surface area contributed by atoms with E-state index < -0.39 is 10.0 Å². The summed E-state index contributed by atoms with van der Waals surface area (Å²) in [5, 5.41) is 5.15. The third-order valence-corrected chi connectivity index (χ3v) is 5.92. The van der Waals surface area contributed by atoms with Gasteiger partial charge in [-0.1, -0.05) is 12.1 Å². The van der Waals surface area contributed by atoms with E-state index >= 15 is 0 Å². The lowest BCUT2D eigenvalue weighted by Crippen LogP contribution is -2.24. The number of nitrogens with zero attached hydrogens (tertiary/aromatic N) is 2. The Bertz CT molecular complexity index is 1010. The molecular weight excluding hydrogens is 386 g/mol. The molecule has 3 rings (SSSR count). The van der Waals surface area contributed by atoms with Gasteiger partial charge in [0.05, 0.1) is 23.9 Å². The summed E-state index contributed by atoms with van der Waals surface area (Å²) in [7, 11) is -1.80. The molecule has 142 valence electrons. The van der Waals surface area contributed by atoms with Crippen molar-refractivity contribution in [3.05, 3.63) is 53.8 Å². The number of hydrogen-bond acceptors (Lipinski definition) is 6. The number of rotatable bonds is 7. The molecule has 1 aromatic carbocycles. The normalized spacial score (nSPS) is 11.3. The lowest BCUT2D eigenvalue weighted by molar-refractivity contribution is -0.116. The fourth-order valence-electron chi connectivity index (χ4n) is 2.37. The van der Waals surface area contributed by atoms with E-state index in [9.17, 15) is 13.2 Å². The largest absolute Gasteiger partial charge is 0.469 e. The number of aryl methyl sites for hydroxylation is 1.